The Morgan fingerprint density at radius 3 is 2.35 bits per heavy atom. The van der Waals surface area contributed by atoms with Gasteiger partial charge < -0.3 is 10.1 Å². The van der Waals surface area contributed by atoms with Crippen molar-refractivity contribution in [3.63, 3.8) is 0 Å². The lowest BCUT2D eigenvalue weighted by atomic mass is 10.1. The van der Waals surface area contributed by atoms with E-state index in [0.29, 0.717) is 18.0 Å². The van der Waals surface area contributed by atoms with E-state index in [2.05, 4.69) is 10.3 Å². The van der Waals surface area contributed by atoms with E-state index in [9.17, 15) is 4.79 Å². The minimum atomic E-state index is -0.373. The topological polar surface area (TPSA) is 51.2 Å². The van der Waals surface area contributed by atoms with Gasteiger partial charge in [-0.1, -0.05) is 60.7 Å². The van der Waals surface area contributed by atoms with E-state index in [1.54, 1.807) is 6.20 Å². The van der Waals surface area contributed by atoms with Crippen molar-refractivity contribution in [3.05, 3.63) is 121 Å². The third-order valence-electron chi connectivity index (χ3n) is 4.55. The molecule has 1 unspecified atom stereocenters. The molecule has 0 aliphatic carbocycles. The molecule has 0 saturated carbocycles. The third-order valence-corrected chi connectivity index (χ3v) is 5.82. The Bertz CT molecular complexity index is 1110. The molecule has 4 nitrogen and oxygen atoms in total. The van der Waals surface area contributed by atoms with E-state index in [0.717, 1.165) is 16.2 Å². The first-order valence-corrected chi connectivity index (χ1v) is 10.9. The van der Waals surface area contributed by atoms with Crippen LogP contribution in [0.4, 0.5) is 5.69 Å². The van der Waals surface area contributed by atoms with Crippen molar-refractivity contribution in [2.24, 2.45) is 0 Å². The van der Waals surface area contributed by atoms with Crippen LogP contribution in [0, 0.1) is 0 Å². The maximum Gasteiger partial charge on any atom is 0.242 e. The van der Waals surface area contributed by atoms with Crippen molar-refractivity contribution in [2.75, 3.05) is 5.32 Å². The highest BCUT2D eigenvalue weighted by Crippen LogP contribution is 2.36. The van der Waals surface area contributed by atoms with Crippen molar-refractivity contribution in [1.82, 2.24) is 4.98 Å². The highest BCUT2D eigenvalue weighted by molar-refractivity contribution is 8.00. The molecule has 31 heavy (non-hydrogen) atoms. The van der Waals surface area contributed by atoms with Crippen LogP contribution >= 0.6 is 11.8 Å². The van der Waals surface area contributed by atoms with Gasteiger partial charge in [0.1, 0.15) is 17.6 Å². The summed E-state index contributed by atoms with van der Waals surface area (Å²) in [5.74, 6) is 0.595. The van der Waals surface area contributed by atoms with E-state index in [1.807, 2.05) is 103 Å². The summed E-state index contributed by atoms with van der Waals surface area (Å²) in [7, 11) is 0. The smallest absolute Gasteiger partial charge is 0.242 e. The fourth-order valence-electron chi connectivity index (χ4n) is 3.05. The lowest BCUT2D eigenvalue weighted by Gasteiger charge is -2.17. The SMILES string of the molecule is O=C(Nc1cccc(OCc2ccccn2)c1)C(Sc1ccccc1)c1ccccc1. The zero-order valence-corrected chi connectivity index (χ0v) is 17.7. The molecule has 0 bridgehead atoms. The molecule has 3 aromatic carbocycles. The van der Waals surface area contributed by atoms with Gasteiger partial charge in [-0.25, -0.2) is 0 Å². The van der Waals surface area contributed by atoms with Gasteiger partial charge in [0.15, 0.2) is 0 Å². The molecular formula is C26H22N2O2S. The molecule has 0 aliphatic heterocycles. The molecule has 0 spiro atoms. The molecule has 1 N–H and O–H groups in total. The Hall–Kier alpha value is -3.57. The zero-order chi connectivity index (χ0) is 21.3. The number of anilines is 1. The Balaban J connectivity index is 1.48. The van der Waals surface area contributed by atoms with Crippen LogP contribution < -0.4 is 10.1 Å². The summed E-state index contributed by atoms with van der Waals surface area (Å²) >= 11 is 1.53. The predicted molar refractivity (Wildman–Crippen MR) is 125 cm³/mol. The fraction of sp³-hybridized carbons (Fsp3) is 0.0769. The van der Waals surface area contributed by atoms with Crippen LogP contribution in [0.3, 0.4) is 0 Å². The highest BCUT2D eigenvalue weighted by atomic mass is 32.2. The third kappa shape index (κ3) is 5.96. The first-order valence-electron chi connectivity index (χ1n) is 9.98. The van der Waals surface area contributed by atoms with Gasteiger partial charge in [0.05, 0.1) is 5.69 Å². The maximum atomic E-state index is 13.2. The van der Waals surface area contributed by atoms with Crippen LogP contribution in [0.5, 0.6) is 5.75 Å². The van der Waals surface area contributed by atoms with Crippen LogP contribution in [-0.4, -0.2) is 10.9 Å². The number of ether oxygens (including phenoxy) is 1. The van der Waals surface area contributed by atoms with E-state index in [1.165, 1.54) is 11.8 Å². The average molecular weight is 427 g/mol. The molecule has 5 heteroatoms. The Morgan fingerprint density at radius 2 is 1.61 bits per heavy atom. The number of hydrogen-bond acceptors (Lipinski definition) is 4. The van der Waals surface area contributed by atoms with Crippen LogP contribution in [0.25, 0.3) is 0 Å². The number of pyridine rings is 1. The molecule has 0 saturated heterocycles. The number of benzene rings is 3. The Kier molecular flexibility index (Phi) is 6.98. The summed E-state index contributed by atoms with van der Waals surface area (Å²) < 4.78 is 5.84. The van der Waals surface area contributed by atoms with Gasteiger partial charge in [-0.15, -0.1) is 11.8 Å². The Morgan fingerprint density at radius 1 is 0.871 bits per heavy atom. The highest BCUT2D eigenvalue weighted by Gasteiger charge is 2.22. The fourth-order valence-corrected chi connectivity index (χ4v) is 4.09. The maximum absolute atomic E-state index is 13.2. The summed E-state index contributed by atoms with van der Waals surface area (Å²) in [5, 5.41) is 2.67. The molecule has 4 rings (SSSR count). The second-order valence-electron chi connectivity index (χ2n) is 6.85. The molecule has 1 aromatic heterocycles. The van der Waals surface area contributed by atoms with Gasteiger partial charge in [0, 0.05) is 22.8 Å². The van der Waals surface area contributed by atoms with E-state index in [-0.39, 0.29) is 11.2 Å². The van der Waals surface area contributed by atoms with Gasteiger partial charge in [-0.2, -0.15) is 0 Å². The minimum Gasteiger partial charge on any atom is -0.487 e. The first-order chi connectivity index (χ1) is 15.3. The number of carbonyl (C=O) groups is 1. The Labute approximate surface area is 186 Å². The largest absolute Gasteiger partial charge is 0.487 e. The van der Waals surface area contributed by atoms with E-state index >= 15 is 0 Å². The van der Waals surface area contributed by atoms with Crippen molar-refractivity contribution >= 4 is 23.4 Å². The van der Waals surface area contributed by atoms with Crippen molar-refractivity contribution in [2.45, 2.75) is 16.8 Å². The van der Waals surface area contributed by atoms with Crippen molar-refractivity contribution in [1.29, 1.82) is 0 Å². The van der Waals surface area contributed by atoms with E-state index in [4.69, 9.17) is 4.74 Å². The van der Waals surface area contributed by atoms with Crippen LogP contribution in [0.15, 0.2) is 114 Å². The number of nitrogens with one attached hydrogen (secondary N) is 1. The lowest BCUT2D eigenvalue weighted by Crippen LogP contribution is -2.19. The molecule has 154 valence electrons. The molecule has 0 aliphatic rings. The number of amides is 1. The summed E-state index contributed by atoms with van der Waals surface area (Å²) in [6.45, 7) is 0.370. The average Bonchev–Trinajstić information content (AvgIpc) is 2.83. The monoisotopic (exact) mass is 426 g/mol. The predicted octanol–water partition coefficient (Wildman–Crippen LogP) is 6.13. The van der Waals surface area contributed by atoms with Crippen LogP contribution in [-0.2, 0) is 11.4 Å². The number of hydrogen-bond donors (Lipinski definition) is 1. The molecule has 1 heterocycles. The second kappa shape index (κ2) is 10.5. The zero-order valence-electron chi connectivity index (χ0n) is 16.8. The summed E-state index contributed by atoms with van der Waals surface area (Å²) in [4.78, 5) is 18.5. The van der Waals surface area contributed by atoms with Gasteiger partial charge in [0.2, 0.25) is 5.91 Å². The molecule has 4 aromatic rings. The standard InChI is InChI=1S/C26H22N2O2S/c29-26(25(20-10-3-1-4-11-20)31-24-15-5-2-6-16-24)28-21-13-9-14-23(18-21)30-19-22-12-7-8-17-27-22/h1-18,25H,19H2,(H,28,29). The first kappa shape index (κ1) is 20.7. The second-order valence-corrected chi connectivity index (χ2v) is 8.03. The molecule has 1 atom stereocenters. The number of rotatable bonds is 8. The number of nitrogens with zero attached hydrogens (tertiary/aromatic N) is 1. The normalized spacial score (nSPS) is 11.5. The molecule has 0 radical (unpaired) electrons. The minimum absolute atomic E-state index is 0.0815. The van der Waals surface area contributed by atoms with Gasteiger partial charge in [-0.3, -0.25) is 9.78 Å². The number of aromatic nitrogens is 1. The summed E-state index contributed by atoms with van der Waals surface area (Å²) in [5.41, 5.74) is 2.50. The van der Waals surface area contributed by atoms with E-state index < -0.39 is 0 Å². The number of thioether (sulfide) groups is 1. The van der Waals surface area contributed by atoms with Crippen molar-refractivity contribution < 1.29 is 9.53 Å². The van der Waals surface area contributed by atoms with Crippen LogP contribution in [0.2, 0.25) is 0 Å². The molecular weight excluding hydrogens is 404 g/mol. The van der Waals surface area contributed by atoms with Gasteiger partial charge in [-0.05, 0) is 42.0 Å². The number of carbonyl (C=O) groups excluding carboxylic acids is 1. The van der Waals surface area contributed by atoms with Crippen molar-refractivity contribution in [3.8, 4) is 5.75 Å². The van der Waals surface area contributed by atoms with Crippen LogP contribution in [0.1, 0.15) is 16.5 Å². The summed E-state index contributed by atoms with van der Waals surface area (Å²) in [6.07, 6.45) is 1.74. The molecule has 0 fully saturated rings. The quantitative estimate of drug-likeness (QED) is 0.344. The van der Waals surface area contributed by atoms with Gasteiger partial charge >= 0.3 is 0 Å². The lowest BCUT2D eigenvalue weighted by molar-refractivity contribution is -0.115. The van der Waals surface area contributed by atoms with Gasteiger partial charge in [0.25, 0.3) is 0 Å². The summed E-state index contributed by atoms with van der Waals surface area (Å²) in [6, 6.07) is 32.9. The molecule has 1 amide bonds.